The first kappa shape index (κ1) is 24.7. The van der Waals surface area contributed by atoms with E-state index in [0.717, 1.165) is 30.6 Å². The third-order valence-corrected chi connectivity index (χ3v) is 7.22. The number of Topliss-reactive ketones (excluding diaryl/α,β-unsaturated/α-hetero) is 1. The van der Waals surface area contributed by atoms with Crippen LogP contribution in [0.3, 0.4) is 0 Å². The number of hydrogen-bond donors (Lipinski definition) is 1. The maximum Gasteiger partial charge on any atom is 0.248 e. The zero-order valence-corrected chi connectivity index (χ0v) is 20.8. The molecule has 2 aromatic carbocycles. The summed E-state index contributed by atoms with van der Waals surface area (Å²) in [6.07, 6.45) is 4.22. The molecule has 2 amide bonds. The Kier molecular flexibility index (Phi) is 7.98. The highest BCUT2D eigenvalue weighted by Gasteiger charge is 2.34. The summed E-state index contributed by atoms with van der Waals surface area (Å²) in [5.41, 5.74) is 1.77. The Labute approximate surface area is 209 Å². The van der Waals surface area contributed by atoms with Gasteiger partial charge in [0, 0.05) is 22.2 Å². The number of carbonyl (C=O) groups is 3. The third kappa shape index (κ3) is 5.98. The van der Waals surface area contributed by atoms with Crippen LogP contribution in [0.4, 0.5) is 5.69 Å². The topological polar surface area (TPSA) is 75.7 Å². The zero-order valence-electron chi connectivity index (χ0n) is 20.0. The molecule has 6 nitrogen and oxygen atoms in total. The van der Waals surface area contributed by atoms with Crippen LogP contribution < -0.4 is 15.0 Å². The second-order valence-electron chi connectivity index (χ2n) is 8.79. The number of nitrogens with one attached hydrogen (secondary N) is 1. The Hall–Kier alpha value is -3.45. The average Bonchev–Trinajstić information content (AvgIpc) is 3.57. The standard InChI is InChI=1S/C28H30N2O4S/c1-19(31)20-12-14-23(15-13-20)30(26(32)18-25-11-6-16-35-25)27(21-7-5-10-24(17-21)34-2)28(33)29-22-8-3-4-9-22/h5-7,10-17,22,27H,3-4,8-9,18H2,1-2H3,(H,29,33)/t27-/m1/s1. The van der Waals surface area contributed by atoms with E-state index >= 15 is 0 Å². The van der Waals surface area contributed by atoms with E-state index in [1.165, 1.54) is 18.3 Å². The van der Waals surface area contributed by atoms with E-state index in [1.54, 1.807) is 42.3 Å². The van der Waals surface area contributed by atoms with Gasteiger partial charge >= 0.3 is 0 Å². The van der Waals surface area contributed by atoms with Gasteiger partial charge < -0.3 is 10.1 Å². The summed E-state index contributed by atoms with van der Waals surface area (Å²) >= 11 is 1.51. The lowest BCUT2D eigenvalue weighted by Gasteiger charge is -2.32. The van der Waals surface area contributed by atoms with Crippen molar-refractivity contribution in [2.24, 2.45) is 0 Å². The Morgan fingerprint density at radius 3 is 2.43 bits per heavy atom. The van der Waals surface area contributed by atoms with Crippen LogP contribution in [0, 0.1) is 0 Å². The molecule has 1 aromatic heterocycles. The zero-order chi connectivity index (χ0) is 24.8. The molecule has 1 N–H and O–H groups in total. The van der Waals surface area contributed by atoms with E-state index in [-0.39, 0.29) is 30.1 Å². The smallest absolute Gasteiger partial charge is 0.248 e. The molecule has 4 rings (SSSR count). The fourth-order valence-electron chi connectivity index (χ4n) is 4.52. The first-order valence-electron chi connectivity index (χ1n) is 11.9. The summed E-state index contributed by atoms with van der Waals surface area (Å²) in [7, 11) is 1.58. The number of rotatable bonds is 9. The number of ether oxygens (including phenoxy) is 1. The summed E-state index contributed by atoms with van der Waals surface area (Å²) in [6.45, 7) is 1.50. The molecular formula is C28H30N2O4S. The predicted octanol–water partition coefficient (Wildman–Crippen LogP) is 5.34. The molecule has 0 unspecified atom stereocenters. The quantitative estimate of drug-likeness (QED) is 0.411. The minimum Gasteiger partial charge on any atom is -0.497 e. The molecule has 1 fully saturated rings. The second-order valence-corrected chi connectivity index (χ2v) is 9.82. The van der Waals surface area contributed by atoms with Gasteiger partial charge in [-0.15, -0.1) is 11.3 Å². The second kappa shape index (κ2) is 11.3. The number of methoxy groups -OCH3 is 1. The highest BCUT2D eigenvalue weighted by molar-refractivity contribution is 7.10. The number of carbonyl (C=O) groups excluding carboxylic acids is 3. The number of nitrogens with zero attached hydrogens (tertiary/aromatic N) is 1. The van der Waals surface area contributed by atoms with Gasteiger partial charge in [-0.05, 0) is 73.2 Å². The van der Waals surface area contributed by atoms with Crippen LogP contribution in [0.25, 0.3) is 0 Å². The molecule has 1 atom stereocenters. The molecule has 7 heteroatoms. The maximum atomic E-state index is 13.8. The molecule has 0 spiro atoms. The number of anilines is 1. The molecule has 0 aliphatic heterocycles. The molecule has 3 aromatic rings. The van der Waals surface area contributed by atoms with Crippen LogP contribution in [0.15, 0.2) is 66.0 Å². The van der Waals surface area contributed by atoms with Crippen LogP contribution >= 0.6 is 11.3 Å². The summed E-state index contributed by atoms with van der Waals surface area (Å²) in [5, 5.41) is 5.11. The maximum absolute atomic E-state index is 13.8. The Morgan fingerprint density at radius 2 is 1.80 bits per heavy atom. The summed E-state index contributed by atoms with van der Waals surface area (Å²) in [4.78, 5) is 41.9. The number of hydrogen-bond acceptors (Lipinski definition) is 5. The van der Waals surface area contributed by atoms with E-state index in [1.807, 2.05) is 35.7 Å². The molecule has 35 heavy (non-hydrogen) atoms. The lowest BCUT2D eigenvalue weighted by Crippen LogP contribution is -2.46. The average molecular weight is 491 g/mol. The molecule has 0 radical (unpaired) electrons. The molecule has 0 bridgehead atoms. The minimum atomic E-state index is -0.888. The van der Waals surface area contributed by atoms with Crippen molar-refractivity contribution in [1.29, 1.82) is 0 Å². The molecular weight excluding hydrogens is 460 g/mol. The van der Waals surface area contributed by atoms with Gasteiger partial charge in [0.2, 0.25) is 11.8 Å². The van der Waals surface area contributed by atoms with Crippen molar-refractivity contribution in [2.45, 2.75) is 51.1 Å². The Bertz CT molecular complexity index is 1170. The Morgan fingerprint density at radius 1 is 1.06 bits per heavy atom. The van der Waals surface area contributed by atoms with Gasteiger partial charge in [0.25, 0.3) is 0 Å². The fraction of sp³-hybridized carbons (Fsp3) is 0.321. The van der Waals surface area contributed by atoms with E-state index in [9.17, 15) is 14.4 Å². The van der Waals surface area contributed by atoms with Crippen molar-refractivity contribution in [1.82, 2.24) is 5.32 Å². The van der Waals surface area contributed by atoms with Crippen LogP contribution in [-0.2, 0) is 16.0 Å². The van der Waals surface area contributed by atoms with Gasteiger partial charge in [-0.25, -0.2) is 0 Å². The van der Waals surface area contributed by atoms with E-state index in [0.29, 0.717) is 22.6 Å². The van der Waals surface area contributed by atoms with Crippen LogP contribution in [0.2, 0.25) is 0 Å². The number of thiophene rings is 1. The summed E-state index contributed by atoms with van der Waals surface area (Å²) in [6, 6.07) is 17.2. The number of amides is 2. The van der Waals surface area contributed by atoms with E-state index in [2.05, 4.69) is 5.32 Å². The van der Waals surface area contributed by atoms with Gasteiger partial charge in [-0.2, -0.15) is 0 Å². The predicted molar refractivity (Wildman–Crippen MR) is 138 cm³/mol. The first-order valence-corrected chi connectivity index (χ1v) is 12.7. The van der Waals surface area contributed by atoms with Gasteiger partial charge in [-0.1, -0.05) is 31.0 Å². The first-order chi connectivity index (χ1) is 17.0. The molecule has 1 heterocycles. The van der Waals surface area contributed by atoms with Crippen molar-refractivity contribution in [3.8, 4) is 5.75 Å². The van der Waals surface area contributed by atoms with Gasteiger partial charge in [-0.3, -0.25) is 19.3 Å². The third-order valence-electron chi connectivity index (χ3n) is 6.34. The summed E-state index contributed by atoms with van der Waals surface area (Å²) in [5.74, 6) is 0.132. The number of ketones is 1. The molecule has 0 saturated heterocycles. The van der Waals surface area contributed by atoms with Crippen LogP contribution in [0.5, 0.6) is 5.75 Å². The molecule has 182 valence electrons. The van der Waals surface area contributed by atoms with Gasteiger partial charge in [0.1, 0.15) is 11.8 Å². The van der Waals surface area contributed by atoms with Crippen LogP contribution in [0.1, 0.15) is 59.4 Å². The molecule has 1 aliphatic carbocycles. The molecule has 1 aliphatic rings. The highest BCUT2D eigenvalue weighted by Crippen LogP contribution is 2.32. The van der Waals surface area contributed by atoms with Crippen molar-refractivity contribution < 1.29 is 19.1 Å². The van der Waals surface area contributed by atoms with E-state index in [4.69, 9.17) is 4.74 Å². The van der Waals surface area contributed by atoms with E-state index < -0.39 is 6.04 Å². The largest absolute Gasteiger partial charge is 0.497 e. The fourth-order valence-corrected chi connectivity index (χ4v) is 5.22. The van der Waals surface area contributed by atoms with Crippen molar-refractivity contribution in [2.75, 3.05) is 12.0 Å². The summed E-state index contributed by atoms with van der Waals surface area (Å²) < 4.78 is 5.42. The number of benzene rings is 2. The van der Waals surface area contributed by atoms with Crippen molar-refractivity contribution >= 4 is 34.6 Å². The SMILES string of the molecule is COc1cccc([C@H](C(=O)NC2CCCC2)N(C(=O)Cc2cccs2)c2ccc(C(C)=O)cc2)c1. The monoisotopic (exact) mass is 490 g/mol. The Balaban J connectivity index is 1.78. The normalized spacial score (nSPS) is 14.3. The van der Waals surface area contributed by atoms with Crippen molar-refractivity contribution in [3.05, 3.63) is 82.0 Å². The lowest BCUT2D eigenvalue weighted by atomic mass is 10.0. The van der Waals surface area contributed by atoms with Gasteiger partial charge in [0.15, 0.2) is 5.78 Å². The highest BCUT2D eigenvalue weighted by atomic mass is 32.1. The van der Waals surface area contributed by atoms with Crippen molar-refractivity contribution in [3.63, 3.8) is 0 Å². The minimum absolute atomic E-state index is 0.0589. The van der Waals surface area contributed by atoms with Gasteiger partial charge in [0.05, 0.1) is 13.5 Å². The molecule has 1 saturated carbocycles. The lowest BCUT2D eigenvalue weighted by molar-refractivity contribution is -0.127. The van der Waals surface area contributed by atoms with Crippen LogP contribution in [-0.4, -0.2) is 30.7 Å².